The molecule has 0 atom stereocenters. The molecule has 0 N–H and O–H groups in total. The van der Waals surface area contributed by atoms with Crippen LogP contribution in [0.25, 0.3) is 0 Å². The maximum Gasteiger partial charge on any atom is 0.441 e. The summed E-state index contributed by atoms with van der Waals surface area (Å²) in [4.78, 5) is 10.4. The molecular formula is C4H6N2O2. The summed E-state index contributed by atoms with van der Waals surface area (Å²) in [6, 6.07) is 0. The maximum absolute atomic E-state index is 10.4. The van der Waals surface area contributed by atoms with Gasteiger partial charge >= 0.3 is 5.76 Å². The topological polar surface area (TPSA) is 48.0 Å². The first kappa shape index (κ1) is 5.08. The molecule has 0 aliphatic rings. The Morgan fingerprint density at radius 3 is 3.00 bits per heavy atom. The van der Waals surface area contributed by atoms with Gasteiger partial charge in [-0.1, -0.05) is 5.16 Å². The van der Waals surface area contributed by atoms with Crippen LogP contribution in [0.15, 0.2) is 15.6 Å². The molecular weight excluding hydrogens is 108 g/mol. The van der Waals surface area contributed by atoms with Crippen molar-refractivity contribution in [1.82, 2.24) is 9.72 Å². The summed E-state index contributed by atoms with van der Waals surface area (Å²) in [5.74, 6) is -0.396. The Morgan fingerprint density at radius 1 is 2.00 bits per heavy atom. The van der Waals surface area contributed by atoms with E-state index in [9.17, 15) is 4.79 Å². The third-order valence-electron chi connectivity index (χ3n) is 0.893. The van der Waals surface area contributed by atoms with Gasteiger partial charge in [0.1, 0.15) is 6.33 Å². The van der Waals surface area contributed by atoms with Crippen LogP contribution in [0, 0.1) is 0 Å². The van der Waals surface area contributed by atoms with Crippen molar-refractivity contribution in [2.75, 3.05) is 0 Å². The van der Waals surface area contributed by atoms with E-state index in [4.69, 9.17) is 0 Å². The van der Waals surface area contributed by atoms with Crippen LogP contribution in [-0.2, 0) is 6.54 Å². The monoisotopic (exact) mass is 114 g/mol. The van der Waals surface area contributed by atoms with E-state index in [1.165, 1.54) is 10.9 Å². The van der Waals surface area contributed by atoms with Gasteiger partial charge in [-0.25, -0.2) is 4.79 Å². The van der Waals surface area contributed by atoms with Crippen molar-refractivity contribution in [2.45, 2.75) is 13.5 Å². The molecule has 4 heteroatoms. The molecule has 0 amide bonds. The van der Waals surface area contributed by atoms with Crippen LogP contribution in [0.3, 0.4) is 0 Å². The fourth-order valence-electron chi connectivity index (χ4n) is 0.436. The number of hydrogen-bond donors (Lipinski definition) is 0. The van der Waals surface area contributed by atoms with Crippen LogP contribution in [0.2, 0.25) is 0 Å². The van der Waals surface area contributed by atoms with Gasteiger partial charge in [-0.3, -0.25) is 9.09 Å². The van der Waals surface area contributed by atoms with Gasteiger partial charge in [-0.15, -0.1) is 0 Å². The highest BCUT2D eigenvalue weighted by molar-refractivity contribution is 4.54. The van der Waals surface area contributed by atoms with Crippen molar-refractivity contribution in [3.05, 3.63) is 16.9 Å². The molecule has 0 saturated heterocycles. The smallest absolute Gasteiger partial charge is 0.296 e. The predicted molar refractivity (Wildman–Crippen MR) is 26.4 cm³/mol. The van der Waals surface area contributed by atoms with Crippen molar-refractivity contribution in [3.63, 3.8) is 0 Å². The quantitative estimate of drug-likeness (QED) is 0.510. The number of aromatic nitrogens is 2. The van der Waals surface area contributed by atoms with Gasteiger partial charge in [0.25, 0.3) is 0 Å². The Bertz CT molecular complexity index is 212. The highest BCUT2D eigenvalue weighted by Crippen LogP contribution is 1.72. The minimum Gasteiger partial charge on any atom is -0.296 e. The van der Waals surface area contributed by atoms with E-state index >= 15 is 0 Å². The first-order chi connectivity index (χ1) is 3.84. The first-order valence-corrected chi connectivity index (χ1v) is 2.35. The number of rotatable bonds is 1. The molecule has 0 bridgehead atoms. The van der Waals surface area contributed by atoms with Crippen LogP contribution in [0.1, 0.15) is 6.92 Å². The SMILES string of the molecule is CCn1cnoc1=O. The molecule has 0 aliphatic heterocycles. The lowest BCUT2D eigenvalue weighted by Gasteiger charge is -1.83. The van der Waals surface area contributed by atoms with Gasteiger partial charge < -0.3 is 0 Å². The van der Waals surface area contributed by atoms with E-state index < -0.39 is 5.76 Å². The molecule has 1 rings (SSSR count). The molecule has 44 valence electrons. The zero-order valence-electron chi connectivity index (χ0n) is 4.50. The Kier molecular flexibility index (Phi) is 1.15. The van der Waals surface area contributed by atoms with Crippen LogP contribution in [-0.4, -0.2) is 9.72 Å². The molecule has 1 heterocycles. The van der Waals surface area contributed by atoms with E-state index in [1.807, 2.05) is 6.92 Å². The van der Waals surface area contributed by atoms with E-state index in [0.717, 1.165) is 0 Å². The summed E-state index contributed by atoms with van der Waals surface area (Å²) in [7, 11) is 0. The van der Waals surface area contributed by atoms with Gasteiger partial charge in [0.15, 0.2) is 0 Å². The molecule has 8 heavy (non-hydrogen) atoms. The van der Waals surface area contributed by atoms with Crippen molar-refractivity contribution in [2.24, 2.45) is 0 Å². The lowest BCUT2D eigenvalue weighted by atomic mass is 10.7. The summed E-state index contributed by atoms with van der Waals surface area (Å²) < 4.78 is 5.59. The van der Waals surface area contributed by atoms with Crippen LogP contribution < -0.4 is 5.76 Å². The van der Waals surface area contributed by atoms with Gasteiger partial charge in [-0.05, 0) is 6.92 Å². The number of hydrogen-bond acceptors (Lipinski definition) is 3. The van der Waals surface area contributed by atoms with Gasteiger partial charge in [0.05, 0.1) is 0 Å². The molecule has 0 aliphatic carbocycles. The van der Waals surface area contributed by atoms with E-state index in [0.29, 0.717) is 6.54 Å². The molecule has 0 radical (unpaired) electrons. The molecule has 0 spiro atoms. The predicted octanol–water partition coefficient (Wildman–Crippen LogP) is -0.144. The standard InChI is InChI=1S/C4H6N2O2/c1-2-6-3-5-8-4(6)7/h3H,2H2,1H3. The minimum atomic E-state index is -0.396. The fraction of sp³-hybridized carbons (Fsp3) is 0.500. The third-order valence-corrected chi connectivity index (χ3v) is 0.893. The Balaban J connectivity index is 3.11. The summed E-state index contributed by atoms with van der Waals surface area (Å²) >= 11 is 0. The van der Waals surface area contributed by atoms with Gasteiger partial charge in [0.2, 0.25) is 0 Å². The second kappa shape index (κ2) is 1.81. The molecule has 1 aromatic heterocycles. The van der Waals surface area contributed by atoms with Crippen LogP contribution >= 0.6 is 0 Å². The second-order valence-electron chi connectivity index (χ2n) is 1.36. The van der Waals surface area contributed by atoms with Crippen molar-refractivity contribution < 1.29 is 4.52 Å². The van der Waals surface area contributed by atoms with E-state index in [1.54, 1.807) is 0 Å². The van der Waals surface area contributed by atoms with Gasteiger partial charge in [-0.2, -0.15) is 0 Å². The van der Waals surface area contributed by atoms with E-state index in [-0.39, 0.29) is 0 Å². The average molecular weight is 114 g/mol. The Morgan fingerprint density at radius 2 is 2.75 bits per heavy atom. The van der Waals surface area contributed by atoms with Crippen molar-refractivity contribution >= 4 is 0 Å². The molecule has 0 aromatic carbocycles. The van der Waals surface area contributed by atoms with Crippen molar-refractivity contribution in [1.29, 1.82) is 0 Å². The lowest BCUT2D eigenvalue weighted by molar-refractivity contribution is 0.376. The molecule has 1 aromatic rings. The zero-order chi connectivity index (χ0) is 5.98. The van der Waals surface area contributed by atoms with Crippen molar-refractivity contribution in [3.8, 4) is 0 Å². The maximum atomic E-state index is 10.4. The number of nitrogens with zero attached hydrogens (tertiary/aromatic N) is 2. The molecule has 0 fully saturated rings. The second-order valence-corrected chi connectivity index (χ2v) is 1.36. The van der Waals surface area contributed by atoms with E-state index in [2.05, 4.69) is 9.68 Å². The summed E-state index contributed by atoms with van der Waals surface area (Å²) in [5, 5.41) is 3.27. The fourth-order valence-corrected chi connectivity index (χ4v) is 0.436. The zero-order valence-corrected chi connectivity index (χ0v) is 4.50. The van der Waals surface area contributed by atoms with Crippen LogP contribution in [0.5, 0.6) is 0 Å². The first-order valence-electron chi connectivity index (χ1n) is 2.35. The summed E-state index contributed by atoms with van der Waals surface area (Å²) in [6.45, 7) is 2.46. The highest BCUT2D eigenvalue weighted by atomic mass is 16.5. The minimum absolute atomic E-state index is 0.396. The lowest BCUT2D eigenvalue weighted by Crippen LogP contribution is -2.10. The molecule has 4 nitrogen and oxygen atoms in total. The molecule has 0 unspecified atom stereocenters. The number of aryl methyl sites for hydroxylation is 1. The third kappa shape index (κ3) is 0.641. The Hall–Kier alpha value is -1.06. The summed E-state index contributed by atoms with van der Waals surface area (Å²) in [6.07, 6.45) is 1.36. The Labute approximate surface area is 45.7 Å². The largest absolute Gasteiger partial charge is 0.441 e. The van der Waals surface area contributed by atoms with Crippen LogP contribution in [0.4, 0.5) is 0 Å². The highest BCUT2D eigenvalue weighted by Gasteiger charge is 1.91. The molecule has 0 saturated carbocycles. The van der Waals surface area contributed by atoms with Gasteiger partial charge in [0, 0.05) is 6.54 Å². The summed E-state index contributed by atoms with van der Waals surface area (Å²) in [5.41, 5.74) is 0. The average Bonchev–Trinajstić information content (AvgIpc) is 2.14. The normalized spacial score (nSPS) is 9.62.